The molecular weight excluding hydrogens is 571 g/mol. The smallest absolute Gasteiger partial charge is 0.433 e. The molecule has 1 N–H and O–H groups in total. The van der Waals surface area contributed by atoms with Gasteiger partial charge in [0.05, 0.1) is 7.11 Å². The average Bonchev–Trinajstić information content (AvgIpc) is 3.78. The largest absolute Gasteiger partial charge is 0.497 e. The highest BCUT2D eigenvalue weighted by Gasteiger charge is 2.39. The minimum absolute atomic E-state index is 0.0397. The molecule has 11 heteroatoms. The number of aromatic nitrogens is 3. The molecule has 2 amide bonds. The van der Waals surface area contributed by atoms with Crippen molar-refractivity contribution < 1.29 is 27.5 Å². The second kappa shape index (κ2) is 11.9. The summed E-state index contributed by atoms with van der Waals surface area (Å²) in [6.07, 6.45) is 1.59. The van der Waals surface area contributed by atoms with E-state index in [0.29, 0.717) is 27.2 Å². The fourth-order valence-electron chi connectivity index (χ4n) is 5.83. The number of alkyl halides is 3. The van der Waals surface area contributed by atoms with Gasteiger partial charge >= 0.3 is 6.18 Å². The van der Waals surface area contributed by atoms with Crippen molar-refractivity contribution in [3.63, 3.8) is 0 Å². The molecule has 0 saturated heterocycles. The number of nitrogens with one attached hydrogen (secondary N) is 1. The Hall–Kier alpha value is -4.41. The third-order valence-electron chi connectivity index (χ3n) is 8.37. The fraction of sp³-hybridized carbons (Fsp3) is 0.394. The van der Waals surface area contributed by atoms with Crippen molar-refractivity contribution >= 4 is 23.1 Å². The van der Waals surface area contributed by atoms with Gasteiger partial charge in [0, 0.05) is 29.4 Å². The average molecular weight is 606 g/mol. The Morgan fingerprint density at radius 3 is 2.27 bits per heavy atom. The van der Waals surface area contributed by atoms with Crippen molar-refractivity contribution in [3.8, 4) is 5.75 Å². The Balaban J connectivity index is 1.47. The number of aryl methyl sites for hydroxylation is 1. The van der Waals surface area contributed by atoms with Crippen molar-refractivity contribution in [3.05, 3.63) is 88.9 Å². The van der Waals surface area contributed by atoms with Crippen molar-refractivity contribution in [2.75, 3.05) is 12.0 Å². The number of halogens is 3. The number of nitrogens with zero attached hydrogens (tertiary/aromatic N) is 4. The molecule has 2 aromatic carbocycles. The molecule has 2 aliphatic rings. The molecule has 0 spiro atoms. The Bertz CT molecular complexity index is 1660. The molecule has 2 aliphatic carbocycles. The lowest BCUT2D eigenvalue weighted by Gasteiger charge is -2.33. The van der Waals surface area contributed by atoms with Gasteiger partial charge in [0.15, 0.2) is 11.3 Å². The highest BCUT2D eigenvalue weighted by atomic mass is 19.4. The Kier molecular flexibility index (Phi) is 8.04. The monoisotopic (exact) mass is 605 g/mol. The zero-order valence-corrected chi connectivity index (χ0v) is 24.6. The molecule has 2 fully saturated rings. The van der Waals surface area contributed by atoms with E-state index in [-0.39, 0.29) is 29.2 Å². The molecule has 2 heterocycles. The summed E-state index contributed by atoms with van der Waals surface area (Å²) in [4.78, 5) is 34.4. The molecule has 6 rings (SSSR count). The maximum atomic E-state index is 14.5. The summed E-state index contributed by atoms with van der Waals surface area (Å²) in [5.41, 5.74) is 0.881. The second-order valence-electron chi connectivity index (χ2n) is 11.7. The number of hydrogen-bond donors (Lipinski definition) is 1. The first-order chi connectivity index (χ1) is 21.1. The van der Waals surface area contributed by atoms with Gasteiger partial charge in [0.25, 0.3) is 5.91 Å². The maximum absolute atomic E-state index is 14.5. The topological polar surface area (TPSA) is 88.8 Å². The van der Waals surface area contributed by atoms with E-state index in [1.165, 1.54) is 18.1 Å². The van der Waals surface area contributed by atoms with Crippen LogP contribution in [0.2, 0.25) is 0 Å². The third kappa shape index (κ3) is 6.13. The highest BCUT2D eigenvalue weighted by Crippen LogP contribution is 2.41. The summed E-state index contributed by atoms with van der Waals surface area (Å²) in [5, 5.41) is 7.28. The molecule has 0 unspecified atom stereocenters. The highest BCUT2D eigenvalue weighted by molar-refractivity contribution is 6.09. The van der Waals surface area contributed by atoms with Crippen LogP contribution in [-0.4, -0.2) is 39.6 Å². The second-order valence-corrected chi connectivity index (χ2v) is 11.7. The molecule has 2 aromatic heterocycles. The zero-order chi connectivity index (χ0) is 31.0. The van der Waals surface area contributed by atoms with Gasteiger partial charge in [-0.15, -0.1) is 0 Å². The molecule has 0 radical (unpaired) electrons. The van der Waals surface area contributed by atoms with Crippen LogP contribution in [0.3, 0.4) is 0 Å². The van der Waals surface area contributed by atoms with Gasteiger partial charge in [0.2, 0.25) is 5.91 Å². The standard InChI is InChI=1S/C33H34F3N5O3/c1-20-8-14-24(15-9-20)40(30(22-12-16-25(44-2)17-13-22)31(42)37-23-6-4-3-5-7-23)32(43)27-19-29-38-26(21-10-11-21)18-28(33(34,35)36)41(29)39-27/h8-9,12-19,21,23,30H,3-7,10-11H2,1-2H3,(H,37,42)/t30-/m1/s1. The van der Waals surface area contributed by atoms with Gasteiger partial charge in [-0.05, 0) is 68.5 Å². The lowest BCUT2D eigenvalue weighted by molar-refractivity contribution is -0.142. The fourth-order valence-corrected chi connectivity index (χ4v) is 5.83. The van der Waals surface area contributed by atoms with Crippen LogP contribution in [-0.2, 0) is 11.0 Å². The summed E-state index contributed by atoms with van der Waals surface area (Å²) >= 11 is 0. The molecule has 0 aliphatic heterocycles. The molecule has 44 heavy (non-hydrogen) atoms. The summed E-state index contributed by atoms with van der Waals surface area (Å²) in [7, 11) is 1.53. The summed E-state index contributed by atoms with van der Waals surface area (Å²) in [6, 6.07) is 15.0. The molecule has 2 saturated carbocycles. The number of amides is 2. The Labute approximate surface area is 253 Å². The van der Waals surface area contributed by atoms with Crippen LogP contribution >= 0.6 is 0 Å². The molecule has 8 nitrogen and oxygen atoms in total. The predicted octanol–water partition coefficient (Wildman–Crippen LogP) is 6.78. The molecular formula is C33H34F3N5O3. The van der Waals surface area contributed by atoms with E-state index in [1.54, 1.807) is 36.4 Å². The Morgan fingerprint density at radius 1 is 0.977 bits per heavy atom. The third-order valence-corrected chi connectivity index (χ3v) is 8.37. The van der Waals surface area contributed by atoms with Crippen molar-refractivity contribution in [2.45, 2.75) is 76.0 Å². The van der Waals surface area contributed by atoms with Gasteiger partial charge < -0.3 is 10.1 Å². The number of rotatable bonds is 8. The van der Waals surface area contributed by atoms with Gasteiger partial charge in [-0.3, -0.25) is 14.5 Å². The van der Waals surface area contributed by atoms with E-state index in [9.17, 15) is 22.8 Å². The van der Waals surface area contributed by atoms with E-state index in [0.717, 1.165) is 56.6 Å². The molecule has 1 atom stereocenters. The van der Waals surface area contributed by atoms with Crippen molar-refractivity contribution in [2.24, 2.45) is 0 Å². The predicted molar refractivity (Wildman–Crippen MR) is 159 cm³/mol. The van der Waals surface area contributed by atoms with Gasteiger partial charge in [-0.2, -0.15) is 18.3 Å². The number of carbonyl (C=O) groups excluding carboxylic acids is 2. The van der Waals surface area contributed by atoms with E-state index >= 15 is 0 Å². The van der Waals surface area contributed by atoms with Gasteiger partial charge in [-0.1, -0.05) is 49.1 Å². The van der Waals surface area contributed by atoms with E-state index in [2.05, 4.69) is 15.4 Å². The van der Waals surface area contributed by atoms with Crippen LogP contribution in [0.25, 0.3) is 5.65 Å². The van der Waals surface area contributed by atoms with E-state index < -0.39 is 23.8 Å². The van der Waals surface area contributed by atoms with Gasteiger partial charge in [0.1, 0.15) is 17.5 Å². The lowest BCUT2D eigenvalue weighted by atomic mass is 9.94. The van der Waals surface area contributed by atoms with Crippen LogP contribution in [0.5, 0.6) is 5.75 Å². The number of carbonyl (C=O) groups is 2. The SMILES string of the molecule is COc1ccc([C@H](C(=O)NC2CCCCC2)N(C(=O)c2cc3nc(C4CC4)cc(C(F)(F)F)n3n2)c2ccc(C)cc2)cc1. The van der Waals surface area contributed by atoms with Crippen molar-refractivity contribution in [1.82, 2.24) is 19.9 Å². The number of ether oxygens (including phenoxy) is 1. The first-order valence-corrected chi connectivity index (χ1v) is 14.9. The minimum Gasteiger partial charge on any atom is -0.497 e. The van der Waals surface area contributed by atoms with Crippen LogP contribution < -0.4 is 15.0 Å². The number of fused-ring (bicyclic) bond motifs is 1. The van der Waals surface area contributed by atoms with Crippen LogP contribution in [0.1, 0.15) is 89.9 Å². The molecule has 0 bridgehead atoms. The quantitative estimate of drug-likeness (QED) is 0.239. The Morgan fingerprint density at radius 2 is 1.66 bits per heavy atom. The zero-order valence-electron chi connectivity index (χ0n) is 24.6. The minimum atomic E-state index is -4.71. The first kappa shape index (κ1) is 29.7. The summed E-state index contributed by atoms with van der Waals surface area (Å²) in [6.45, 7) is 1.90. The number of benzene rings is 2. The molecule has 4 aromatic rings. The van der Waals surface area contributed by atoms with Gasteiger partial charge in [-0.25, -0.2) is 9.50 Å². The lowest BCUT2D eigenvalue weighted by Crippen LogP contribution is -2.47. The summed E-state index contributed by atoms with van der Waals surface area (Å²) < 4.78 is 48.4. The number of anilines is 1. The number of methoxy groups -OCH3 is 1. The summed E-state index contributed by atoms with van der Waals surface area (Å²) in [5.74, 6) is -0.571. The van der Waals surface area contributed by atoms with Crippen LogP contribution in [0, 0.1) is 6.92 Å². The van der Waals surface area contributed by atoms with Crippen LogP contribution in [0.15, 0.2) is 60.7 Å². The first-order valence-electron chi connectivity index (χ1n) is 14.9. The van der Waals surface area contributed by atoms with E-state index in [4.69, 9.17) is 4.74 Å². The normalized spacial score (nSPS) is 16.5. The van der Waals surface area contributed by atoms with Crippen molar-refractivity contribution in [1.29, 1.82) is 0 Å². The number of hydrogen-bond acceptors (Lipinski definition) is 5. The van der Waals surface area contributed by atoms with Crippen LogP contribution in [0.4, 0.5) is 18.9 Å². The van der Waals surface area contributed by atoms with E-state index in [1.807, 2.05) is 19.1 Å². The maximum Gasteiger partial charge on any atom is 0.433 e. The molecule has 230 valence electrons.